The van der Waals surface area contributed by atoms with E-state index < -0.39 is 28.5 Å². The van der Waals surface area contributed by atoms with Crippen molar-refractivity contribution in [2.75, 3.05) is 7.05 Å². The minimum Gasteiger partial charge on any atom is -0.335 e. The summed E-state index contributed by atoms with van der Waals surface area (Å²) in [5.41, 5.74) is 0.490. The van der Waals surface area contributed by atoms with Gasteiger partial charge in [-0.15, -0.1) is 0 Å². The first kappa shape index (κ1) is 16.5. The molecule has 23 heavy (non-hydrogen) atoms. The quantitative estimate of drug-likeness (QED) is 0.637. The van der Waals surface area contributed by atoms with Gasteiger partial charge >= 0.3 is 0 Å². The molecule has 0 N–H and O–H groups in total. The fourth-order valence-corrected chi connectivity index (χ4v) is 2.13. The molecule has 5 nitrogen and oxygen atoms in total. The zero-order chi connectivity index (χ0) is 17.1. The third-order valence-electron chi connectivity index (χ3n) is 3.63. The van der Waals surface area contributed by atoms with E-state index in [1.165, 1.54) is 36.2 Å². The Kier molecular flexibility index (Phi) is 4.68. The van der Waals surface area contributed by atoms with Gasteiger partial charge in [0.2, 0.25) is 0 Å². The minimum atomic E-state index is -1.10. The average molecular weight is 320 g/mol. The second kappa shape index (κ2) is 6.51. The molecular weight excluding hydrogens is 306 g/mol. The van der Waals surface area contributed by atoms with Crippen LogP contribution in [0.15, 0.2) is 42.5 Å². The number of nitro benzene ring substituents is 1. The summed E-state index contributed by atoms with van der Waals surface area (Å²) in [4.78, 5) is 24.0. The van der Waals surface area contributed by atoms with E-state index in [0.29, 0.717) is 5.56 Å². The molecule has 120 valence electrons. The van der Waals surface area contributed by atoms with Crippen LogP contribution >= 0.6 is 0 Å². The first-order valence-corrected chi connectivity index (χ1v) is 6.78. The van der Waals surface area contributed by atoms with Gasteiger partial charge in [0.05, 0.1) is 11.0 Å². The van der Waals surface area contributed by atoms with E-state index in [9.17, 15) is 23.7 Å². The summed E-state index contributed by atoms with van der Waals surface area (Å²) >= 11 is 0. The molecule has 0 aliphatic rings. The molecule has 0 spiro atoms. The van der Waals surface area contributed by atoms with E-state index in [1.807, 2.05) is 0 Å². The number of hydrogen-bond donors (Lipinski definition) is 0. The van der Waals surface area contributed by atoms with Crippen molar-refractivity contribution in [3.8, 4) is 0 Å². The molecule has 0 aliphatic heterocycles. The van der Waals surface area contributed by atoms with Crippen LogP contribution in [-0.4, -0.2) is 22.8 Å². The van der Waals surface area contributed by atoms with Crippen LogP contribution in [0.1, 0.15) is 28.9 Å². The largest absolute Gasteiger partial charge is 0.335 e. The summed E-state index contributed by atoms with van der Waals surface area (Å²) in [6.45, 7) is 1.69. The lowest BCUT2D eigenvalue weighted by Gasteiger charge is -2.25. The highest BCUT2D eigenvalue weighted by atomic mass is 19.2. The summed E-state index contributed by atoms with van der Waals surface area (Å²) in [6.07, 6.45) is 0. The molecule has 7 heteroatoms. The molecule has 0 fully saturated rings. The number of rotatable bonds is 4. The topological polar surface area (TPSA) is 63.5 Å². The average Bonchev–Trinajstić information content (AvgIpc) is 2.55. The molecule has 0 radical (unpaired) electrons. The van der Waals surface area contributed by atoms with Crippen LogP contribution in [0.3, 0.4) is 0 Å². The molecule has 1 amide bonds. The Hall–Kier alpha value is -2.83. The SMILES string of the molecule is CC(c1cccc([N+](=O)[O-])c1)N(C)C(=O)c1ccc(F)c(F)c1. The standard InChI is InChI=1S/C16H14F2N2O3/c1-10(11-4-3-5-13(8-11)20(22)23)19(2)16(21)12-6-7-14(17)15(18)9-12/h3-10H,1-2H3. The molecule has 0 bridgehead atoms. The van der Waals surface area contributed by atoms with Crippen molar-refractivity contribution in [1.29, 1.82) is 0 Å². The lowest BCUT2D eigenvalue weighted by Crippen LogP contribution is -2.29. The zero-order valence-corrected chi connectivity index (χ0v) is 12.5. The van der Waals surface area contributed by atoms with E-state index in [-0.39, 0.29) is 11.3 Å². The summed E-state index contributed by atoms with van der Waals surface area (Å²) < 4.78 is 26.2. The van der Waals surface area contributed by atoms with Crippen LogP contribution in [-0.2, 0) is 0 Å². The molecule has 0 heterocycles. The van der Waals surface area contributed by atoms with Gasteiger partial charge in [0.25, 0.3) is 11.6 Å². The van der Waals surface area contributed by atoms with Crippen molar-refractivity contribution >= 4 is 11.6 Å². The number of non-ortho nitro benzene ring substituents is 1. The van der Waals surface area contributed by atoms with Gasteiger partial charge in [0.1, 0.15) is 0 Å². The van der Waals surface area contributed by atoms with Crippen molar-refractivity contribution in [1.82, 2.24) is 4.90 Å². The van der Waals surface area contributed by atoms with E-state index >= 15 is 0 Å². The van der Waals surface area contributed by atoms with Crippen LogP contribution in [0.25, 0.3) is 0 Å². The predicted octanol–water partition coefficient (Wildman–Crippen LogP) is 3.71. The number of benzene rings is 2. The van der Waals surface area contributed by atoms with Crippen LogP contribution in [0.5, 0.6) is 0 Å². The highest BCUT2D eigenvalue weighted by Crippen LogP contribution is 2.24. The Morgan fingerprint density at radius 3 is 2.48 bits per heavy atom. The number of amides is 1. The molecule has 2 aromatic rings. The minimum absolute atomic E-state index is 0.00341. The molecule has 0 aromatic heterocycles. The third kappa shape index (κ3) is 3.50. The maximum absolute atomic E-state index is 13.2. The Morgan fingerprint density at radius 1 is 1.17 bits per heavy atom. The highest BCUT2D eigenvalue weighted by Gasteiger charge is 2.21. The van der Waals surface area contributed by atoms with Gasteiger partial charge in [-0.05, 0) is 30.7 Å². The highest BCUT2D eigenvalue weighted by molar-refractivity contribution is 5.94. The van der Waals surface area contributed by atoms with Crippen LogP contribution in [0.4, 0.5) is 14.5 Å². The Balaban J connectivity index is 2.26. The van der Waals surface area contributed by atoms with Crippen molar-refractivity contribution in [2.24, 2.45) is 0 Å². The summed E-state index contributed by atoms with van der Waals surface area (Å²) in [6, 6.07) is 8.34. The maximum Gasteiger partial charge on any atom is 0.269 e. The lowest BCUT2D eigenvalue weighted by atomic mass is 10.1. The monoisotopic (exact) mass is 320 g/mol. The molecule has 0 aliphatic carbocycles. The van der Waals surface area contributed by atoms with Gasteiger partial charge in [0.15, 0.2) is 11.6 Å². The predicted molar refractivity (Wildman–Crippen MR) is 80.0 cm³/mol. The van der Waals surface area contributed by atoms with Gasteiger partial charge in [-0.25, -0.2) is 8.78 Å². The molecule has 0 saturated carbocycles. The van der Waals surface area contributed by atoms with Crippen LogP contribution in [0, 0.1) is 21.7 Å². The molecule has 2 rings (SSSR count). The van der Waals surface area contributed by atoms with Gasteiger partial charge in [-0.3, -0.25) is 14.9 Å². The van der Waals surface area contributed by atoms with Crippen molar-refractivity contribution in [3.63, 3.8) is 0 Å². The van der Waals surface area contributed by atoms with Crippen molar-refractivity contribution in [2.45, 2.75) is 13.0 Å². The van der Waals surface area contributed by atoms with Crippen LogP contribution < -0.4 is 0 Å². The van der Waals surface area contributed by atoms with E-state index in [4.69, 9.17) is 0 Å². The molecule has 1 unspecified atom stereocenters. The Labute approximate surface area is 131 Å². The smallest absolute Gasteiger partial charge is 0.269 e. The van der Waals surface area contributed by atoms with Gasteiger partial charge in [0, 0.05) is 24.7 Å². The molecule has 2 aromatic carbocycles. The molecular formula is C16H14F2N2O3. The van der Waals surface area contributed by atoms with Gasteiger partial charge < -0.3 is 4.90 Å². The van der Waals surface area contributed by atoms with E-state index in [2.05, 4.69) is 0 Å². The normalized spacial score (nSPS) is 11.8. The fourth-order valence-electron chi connectivity index (χ4n) is 2.13. The first-order valence-electron chi connectivity index (χ1n) is 6.78. The number of nitro groups is 1. The fraction of sp³-hybridized carbons (Fsp3) is 0.188. The first-order chi connectivity index (χ1) is 10.8. The van der Waals surface area contributed by atoms with Crippen LogP contribution in [0.2, 0.25) is 0 Å². The van der Waals surface area contributed by atoms with Crippen molar-refractivity contribution in [3.05, 3.63) is 75.3 Å². The zero-order valence-electron chi connectivity index (χ0n) is 12.5. The van der Waals surface area contributed by atoms with Gasteiger partial charge in [-0.2, -0.15) is 0 Å². The van der Waals surface area contributed by atoms with Crippen molar-refractivity contribution < 1.29 is 18.5 Å². The Morgan fingerprint density at radius 2 is 1.87 bits per heavy atom. The number of hydrogen-bond acceptors (Lipinski definition) is 3. The lowest BCUT2D eigenvalue weighted by molar-refractivity contribution is -0.384. The number of halogens is 2. The Bertz CT molecular complexity index is 765. The number of carbonyl (C=O) groups excluding carboxylic acids is 1. The summed E-state index contributed by atoms with van der Waals surface area (Å²) in [7, 11) is 1.49. The second-order valence-electron chi connectivity index (χ2n) is 5.07. The second-order valence-corrected chi connectivity index (χ2v) is 5.07. The van der Waals surface area contributed by atoms with E-state index in [1.54, 1.807) is 13.0 Å². The van der Waals surface area contributed by atoms with Gasteiger partial charge in [-0.1, -0.05) is 12.1 Å². The molecule has 0 saturated heterocycles. The third-order valence-corrected chi connectivity index (χ3v) is 3.63. The molecule has 1 atom stereocenters. The maximum atomic E-state index is 13.2. The number of nitrogens with zero attached hydrogens (tertiary/aromatic N) is 2. The number of carbonyl (C=O) groups is 1. The summed E-state index contributed by atoms with van der Waals surface area (Å²) in [5.74, 6) is -2.65. The summed E-state index contributed by atoms with van der Waals surface area (Å²) in [5, 5.41) is 10.8. The van der Waals surface area contributed by atoms with E-state index in [0.717, 1.165) is 12.1 Å².